The van der Waals surface area contributed by atoms with E-state index >= 15 is 0 Å². The summed E-state index contributed by atoms with van der Waals surface area (Å²) in [5.41, 5.74) is 7.20. The van der Waals surface area contributed by atoms with Crippen molar-refractivity contribution in [2.24, 2.45) is 5.73 Å². The normalized spacial score (nSPS) is 20.3. The fraction of sp³-hybridized carbons (Fsp3) is 0.346. The average Bonchev–Trinajstić information content (AvgIpc) is 3.67. The van der Waals surface area contributed by atoms with Gasteiger partial charge >= 0.3 is 6.18 Å². The van der Waals surface area contributed by atoms with E-state index < -0.39 is 23.8 Å². The third-order valence-electron chi connectivity index (χ3n) is 7.18. The molecule has 5 heterocycles. The Morgan fingerprint density at radius 1 is 1.29 bits per heavy atom. The summed E-state index contributed by atoms with van der Waals surface area (Å²) in [6.07, 6.45) is -1.01. The van der Waals surface area contributed by atoms with E-state index in [9.17, 15) is 18.0 Å². The van der Waals surface area contributed by atoms with Gasteiger partial charge in [0.2, 0.25) is 0 Å². The Hall–Kier alpha value is -3.48. The monoisotopic (exact) mass is 542 g/mol. The largest absolute Gasteiger partial charge is 0.484 e. The predicted molar refractivity (Wildman–Crippen MR) is 136 cm³/mol. The van der Waals surface area contributed by atoms with Gasteiger partial charge in [-0.1, -0.05) is 18.2 Å². The maximum atomic E-state index is 13.5. The van der Waals surface area contributed by atoms with E-state index in [4.69, 9.17) is 10.5 Å². The Morgan fingerprint density at radius 3 is 2.82 bits per heavy atom. The molecule has 2 saturated heterocycles. The van der Waals surface area contributed by atoms with E-state index in [2.05, 4.69) is 20.2 Å². The first-order chi connectivity index (χ1) is 18.2. The Bertz CT molecular complexity index is 1520. The molecule has 4 aromatic rings. The van der Waals surface area contributed by atoms with Crippen molar-refractivity contribution < 1.29 is 22.7 Å². The van der Waals surface area contributed by atoms with Gasteiger partial charge in [-0.25, -0.2) is 4.98 Å². The number of halogens is 3. The molecule has 12 heteroatoms. The topological polar surface area (TPSA) is 98.3 Å². The molecule has 3 N–H and O–H groups in total. The van der Waals surface area contributed by atoms with Gasteiger partial charge in [-0.15, -0.1) is 11.3 Å². The van der Waals surface area contributed by atoms with Crippen LogP contribution in [0.25, 0.3) is 16.0 Å². The summed E-state index contributed by atoms with van der Waals surface area (Å²) in [4.78, 5) is 23.8. The molecule has 0 saturated carbocycles. The number of likely N-dealkylation sites (tertiary alicyclic amines) is 1. The highest BCUT2D eigenvalue weighted by Gasteiger charge is 2.37. The van der Waals surface area contributed by atoms with Gasteiger partial charge in [-0.2, -0.15) is 13.2 Å². The van der Waals surface area contributed by atoms with Crippen molar-refractivity contribution in [2.45, 2.75) is 44.3 Å². The van der Waals surface area contributed by atoms with Crippen molar-refractivity contribution in [1.82, 2.24) is 24.8 Å². The highest BCUT2D eigenvalue weighted by Crippen LogP contribution is 2.39. The number of pyridine rings is 1. The third kappa shape index (κ3) is 4.52. The summed E-state index contributed by atoms with van der Waals surface area (Å²) in [7, 11) is 0. The average molecular weight is 543 g/mol. The SMILES string of the molecule is C[C@@H](Oc1cc(-n2cnc3cnc(CN4C[C@@H]5CC4CN5)cc32)sc1C(N)=O)c1ccccc1C(F)(F)F. The van der Waals surface area contributed by atoms with E-state index in [1.165, 1.54) is 25.1 Å². The molecule has 0 radical (unpaired) electrons. The van der Waals surface area contributed by atoms with Crippen molar-refractivity contribution in [3.05, 3.63) is 70.6 Å². The van der Waals surface area contributed by atoms with Crippen LogP contribution in [-0.4, -0.2) is 50.5 Å². The van der Waals surface area contributed by atoms with Crippen molar-refractivity contribution in [3.8, 4) is 10.8 Å². The lowest BCUT2D eigenvalue weighted by atomic mass is 10.0. The zero-order valence-corrected chi connectivity index (χ0v) is 21.2. The number of piperazine rings is 1. The van der Waals surface area contributed by atoms with Crippen LogP contribution in [0.2, 0.25) is 0 Å². The molecule has 2 fully saturated rings. The molecule has 198 valence electrons. The Kier molecular flexibility index (Phi) is 6.12. The number of fused-ring (bicyclic) bond motifs is 3. The van der Waals surface area contributed by atoms with E-state index in [1.807, 2.05) is 10.6 Å². The van der Waals surface area contributed by atoms with Crippen LogP contribution in [0.1, 0.15) is 45.9 Å². The molecule has 38 heavy (non-hydrogen) atoms. The molecule has 3 aromatic heterocycles. The van der Waals surface area contributed by atoms with Crippen LogP contribution >= 0.6 is 11.3 Å². The number of carbonyl (C=O) groups excluding carboxylic acids is 1. The highest BCUT2D eigenvalue weighted by molar-refractivity contribution is 7.16. The first kappa shape index (κ1) is 24.8. The summed E-state index contributed by atoms with van der Waals surface area (Å²) >= 11 is 1.10. The first-order valence-electron chi connectivity index (χ1n) is 12.2. The molecule has 2 aliphatic rings. The van der Waals surface area contributed by atoms with E-state index in [0.29, 0.717) is 22.6 Å². The molecule has 2 aliphatic heterocycles. The summed E-state index contributed by atoms with van der Waals surface area (Å²) in [6.45, 7) is 4.22. The number of amides is 1. The van der Waals surface area contributed by atoms with E-state index in [-0.39, 0.29) is 16.2 Å². The number of carbonyl (C=O) groups is 1. The summed E-state index contributed by atoms with van der Waals surface area (Å²) in [5.74, 6) is -0.601. The number of thiophene rings is 1. The third-order valence-corrected chi connectivity index (χ3v) is 8.31. The number of imidazole rings is 1. The lowest BCUT2D eigenvalue weighted by Gasteiger charge is -2.26. The number of benzene rings is 1. The molecule has 6 rings (SSSR count). The quantitative estimate of drug-likeness (QED) is 0.362. The number of nitrogens with two attached hydrogens (primary N) is 1. The number of nitrogens with zero attached hydrogens (tertiary/aromatic N) is 4. The lowest BCUT2D eigenvalue weighted by molar-refractivity contribution is -0.138. The molecule has 1 aromatic carbocycles. The van der Waals surface area contributed by atoms with Crippen LogP contribution in [-0.2, 0) is 12.7 Å². The van der Waals surface area contributed by atoms with E-state index in [0.717, 1.165) is 54.7 Å². The van der Waals surface area contributed by atoms with Crippen LogP contribution in [0.5, 0.6) is 5.75 Å². The number of alkyl halides is 3. The van der Waals surface area contributed by atoms with Crippen LogP contribution in [0.3, 0.4) is 0 Å². The van der Waals surface area contributed by atoms with Gasteiger partial charge in [-0.05, 0) is 25.5 Å². The molecule has 0 spiro atoms. The first-order valence-corrected chi connectivity index (χ1v) is 13.0. The minimum absolute atomic E-state index is 0.0298. The second-order valence-electron chi connectivity index (χ2n) is 9.69. The summed E-state index contributed by atoms with van der Waals surface area (Å²) < 4.78 is 48.4. The number of nitrogens with one attached hydrogen (secondary N) is 1. The van der Waals surface area contributed by atoms with Gasteiger partial charge in [0.15, 0.2) is 0 Å². The molecule has 2 bridgehead atoms. The molecular weight excluding hydrogens is 517 g/mol. The maximum absolute atomic E-state index is 13.5. The van der Waals surface area contributed by atoms with Crippen molar-refractivity contribution in [2.75, 3.05) is 13.1 Å². The Labute approximate surface area is 220 Å². The second kappa shape index (κ2) is 9.37. The van der Waals surface area contributed by atoms with Crippen LogP contribution in [0, 0.1) is 0 Å². The zero-order chi connectivity index (χ0) is 26.6. The van der Waals surface area contributed by atoms with Crippen molar-refractivity contribution in [3.63, 3.8) is 0 Å². The van der Waals surface area contributed by atoms with Gasteiger partial charge in [-0.3, -0.25) is 19.2 Å². The van der Waals surface area contributed by atoms with Crippen LogP contribution in [0.15, 0.2) is 48.9 Å². The summed E-state index contributed by atoms with van der Waals surface area (Å²) in [5, 5.41) is 4.10. The fourth-order valence-electron chi connectivity index (χ4n) is 5.37. The minimum Gasteiger partial charge on any atom is -0.484 e. The van der Waals surface area contributed by atoms with Gasteiger partial charge in [0.25, 0.3) is 5.91 Å². The number of rotatable bonds is 7. The van der Waals surface area contributed by atoms with Crippen molar-refractivity contribution >= 4 is 28.3 Å². The standard InChI is InChI=1S/C26H25F3N6O2S/c1-14(18-4-2-3-5-19(18)26(27,28)29)37-22-8-23(38-24(22)25(30)36)35-13-33-20-10-32-16(7-21(20)35)12-34-11-15-6-17(34)9-31-15/h2-5,7-8,10,13-15,17,31H,6,9,11-12H2,1H3,(H2,30,36)/t14-,15+,17?/m1/s1. The Morgan fingerprint density at radius 2 is 2.11 bits per heavy atom. The number of hydrogen-bond donors (Lipinski definition) is 2. The molecular formula is C26H25F3N6O2S. The highest BCUT2D eigenvalue weighted by atomic mass is 32.1. The van der Waals surface area contributed by atoms with E-state index in [1.54, 1.807) is 18.6 Å². The van der Waals surface area contributed by atoms with Crippen LogP contribution < -0.4 is 15.8 Å². The predicted octanol–water partition coefficient (Wildman–Crippen LogP) is 4.29. The lowest BCUT2D eigenvalue weighted by Crippen LogP contribution is -2.43. The Balaban J connectivity index is 1.31. The number of hydrogen-bond acceptors (Lipinski definition) is 7. The number of ether oxygens (including phenoxy) is 1. The van der Waals surface area contributed by atoms with Gasteiger partial charge in [0, 0.05) is 43.3 Å². The second-order valence-corrected chi connectivity index (χ2v) is 10.7. The fourth-order valence-corrected chi connectivity index (χ4v) is 6.30. The smallest absolute Gasteiger partial charge is 0.416 e. The van der Waals surface area contributed by atoms with Gasteiger partial charge in [0.05, 0.1) is 23.0 Å². The molecule has 0 aliphatic carbocycles. The molecule has 3 atom stereocenters. The van der Waals surface area contributed by atoms with Gasteiger partial charge < -0.3 is 15.8 Å². The van der Waals surface area contributed by atoms with Crippen LogP contribution in [0.4, 0.5) is 13.2 Å². The van der Waals surface area contributed by atoms with Crippen molar-refractivity contribution in [1.29, 1.82) is 0 Å². The zero-order valence-electron chi connectivity index (χ0n) is 20.4. The molecule has 1 amide bonds. The van der Waals surface area contributed by atoms with Gasteiger partial charge in [0.1, 0.15) is 33.6 Å². The minimum atomic E-state index is -4.53. The molecule has 8 nitrogen and oxygen atoms in total. The maximum Gasteiger partial charge on any atom is 0.416 e. The number of aromatic nitrogens is 3. The summed E-state index contributed by atoms with van der Waals surface area (Å²) in [6, 6.07) is 9.87. The number of primary amides is 1. The molecule has 1 unspecified atom stereocenters.